The summed E-state index contributed by atoms with van der Waals surface area (Å²) in [5.41, 5.74) is 0.449. The number of nitro benzene ring substituents is 1. The second-order valence-electron chi connectivity index (χ2n) is 5.13. The number of nitriles is 1. The lowest BCUT2D eigenvalue weighted by Gasteiger charge is -2.05. The van der Waals surface area contributed by atoms with E-state index in [2.05, 4.69) is 0 Å². The van der Waals surface area contributed by atoms with Crippen molar-refractivity contribution in [2.24, 2.45) is 0 Å². The average Bonchev–Trinajstić information content (AvgIpc) is 3.00. The van der Waals surface area contributed by atoms with Crippen LogP contribution in [0.15, 0.2) is 46.4 Å². The first kappa shape index (κ1) is 17.0. The van der Waals surface area contributed by atoms with Crippen molar-refractivity contribution < 1.29 is 18.9 Å². The van der Waals surface area contributed by atoms with Gasteiger partial charge in [-0.1, -0.05) is 0 Å². The lowest BCUT2D eigenvalue weighted by Crippen LogP contribution is -2.12. The van der Waals surface area contributed by atoms with E-state index in [0.717, 1.165) is 0 Å². The predicted molar refractivity (Wildman–Crippen MR) is 85.6 cm³/mol. The number of hydrogen-bond donors (Lipinski definition) is 0. The molecule has 0 saturated heterocycles. The summed E-state index contributed by atoms with van der Waals surface area (Å²) in [4.78, 5) is 21.9. The Labute approximate surface area is 137 Å². The van der Waals surface area contributed by atoms with Crippen molar-refractivity contribution in [1.82, 2.24) is 0 Å². The van der Waals surface area contributed by atoms with Crippen LogP contribution in [0.3, 0.4) is 0 Å². The summed E-state index contributed by atoms with van der Waals surface area (Å²) in [7, 11) is 0. The van der Waals surface area contributed by atoms with Crippen molar-refractivity contribution in [3.8, 4) is 17.4 Å². The van der Waals surface area contributed by atoms with Crippen LogP contribution in [-0.2, 0) is 9.53 Å². The fraction of sp³-hybridized carbons (Fsp3) is 0.176. The smallest absolute Gasteiger partial charge is 0.349 e. The number of hydrogen-bond acceptors (Lipinski definition) is 6. The number of furan rings is 1. The molecule has 0 aliphatic heterocycles. The van der Waals surface area contributed by atoms with Crippen LogP contribution in [0.4, 0.5) is 5.69 Å². The number of ether oxygens (including phenoxy) is 1. The maximum atomic E-state index is 11.7. The zero-order valence-electron chi connectivity index (χ0n) is 13.1. The van der Waals surface area contributed by atoms with E-state index in [4.69, 9.17) is 14.4 Å². The molecule has 24 heavy (non-hydrogen) atoms. The maximum absolute atomic E-state index is 11.7. The molecule has 2 rings (SSSR count). The lowest BCUT2D eigenvalue weighted by atomic mass is 10.1. The van der Waals surface area contributed by atoms with Gasteiger partial charge in [-0.15, -0.1) is 0 Å². The molecule has 7 nitrogen and oxygen atoms in total. The minimum absolute atomic E-state index is 0.0198. The highest BCUT2D eigenvalue weighted by molar-refractivity contribution is 5.97. The lowest BCUT2D eigenvalue weighted by molar-refractivity contribution is -0.384. The number of nitro groups is 1. The Balaban J connectivity index is 2.23. The third-order valence-electron chi connectivity index (χ3n) is 2.96. The predicted octanol–water partition coefficient (Wildman–Crippen LogP) is 3.71. The van der Waals surface area contributed by atoms with Gasteiger partial charge in [0.2, 0.25) is 0 Å². The van der Waals surface area contributed by atoms with Gasteiger partial charge in [0.05, 0.1) is 11.0 Å². The zero-order chi connectivity index (χ0) is 17.7. The molecule has 0 N–H and O–H groups in total. The van der Waals surface area contributed by atoms with Crippen LogP contribution in [0, 0.1) is 21.4 Å². The topological polar surface area (TPSA) is 106 Å². The van der Waals surface area contributed by atoms with Crippen molar-refractivity contribution in [2.45, 2.75) is 20.0 Å². The second kappa shape index (κ2) is 7.24. The molecule has 0 radical (unpaired) electrons. The van der Waals surface area contributed by atoms with E-state index >= 15 is 0 Å². The molecule has 0 saturated carbocycles. The molecule has 0 atom stereocenters. The molecular formula is C17H14N2O5. The van der Waals surface area contributed by atoms with E-state index in [-0.39, 0.29) is 17.4 Å². The molecule has 1 aromatic heterocycles. The molecule has 0 unspecified atom stereocenters. The molecule has 0 aliphatic rings. The third kappa shape index (κ3) is 4.08. The van der Waals surface area contributed by atoms with Gasteiger partial charge >= 0.3 is 5.97 Å². The first-order chi connectivity index (χ1) is 11.4. The summed E-state index contributed by atoms with van der Waals surface area (Å²) in [5.74, 6) is 0.0482. The van der Waals surface area contributed by atoms with Gasteiger partial charge < -0.3 is 9.15 Å². The van der Waals surface area contributed by atoms with Gasteiger partial charge in [-0.2, -0.15) is 5.26 Å². The highest BCUT2D eigenvalue weighted by Crippen LogP contribution is 2.25. The summed E-state index contributed by atoms with van der Waals surface area (Å²) < 4.78 is 10.5. The van der Waals surface area contributed by atoms with Crippen molar-refractivity contribution in [3.63, 3.8) is 0 Å². The Kier molecular flexibility index (Phi) is 5.12. The van der Waals surface area contributed by atoms with Gasteiger partial charge in [-0.3, -0.25) is 10.1 Å². The van der Waals surface area contributed by atoms with Crippen molar-refractivity contribution in [1.29, 1.82) is 5.26 Å². The highest BCUT2D eigenvalue weighted by Gasteiger charge is 2.14. The first-order valence-corrected chi connectivity index (χ1v) is 7.08. The molecule has 1 heterocycles. The second-order valence-corrected chi connectivity index (χ2v) is 5.13. The van der Waals surface area contributed by atoms with E-state index in [9.17, 15) is 14.9 Å². The van der Waals surface area contributed by atoms with Crippen LogP contribution >= 0.6 is 0 Å². The third-order valence-corrected chi connectivity index (χ3v) is 2.96. The highest BCUT2D eigenvalue weighted by atomic mass is 16.6. The van der Waals surface area contributed by atoms with E-state index in [1.807, 2.05) is 0 Å². The number of esters is 1. The Morgan fingerprint density at radius 2 is 1.96 bits per heavy atom. The molecule has 1 aromatic carbocycles. The molecule has 0 aliphatic carbocycles. The summed E-state index contributed by atoms with van der Waals surface area (Å²) in [6, 6.07) is 10.9. The van der Waals surface area contributed by atoms with Gasteiger partial charge in [0.15, 0.2) is 0 Å². The number of carbonyl (C=O) groups excluding carboxylic acids is 1. The van der Waals surface area contributed by atoms with Gasteiger partial charge in [0.1, 0.15) is 23.2 Å². The van der Waals surface area contributed by atoms with Gasteiger partial charge in [0, 0.05) is 23.8 Å². The van der Waals surface area contributed by atoms with Crippen LogP contribution < -0.4 is 0 Å². The van der Waals surface area contributed by atoms with Crippen LogP contribution in [0.25, 0.3) is 17.4 Å². The zero-order valence-corrected chi connectivity index (χ0v) is 13.1. The fourth-order valence-electron chi connectivity index (χ4n) is 1.89. The summed E-state index contributed by atoms with van der Waals surface area (Å²) in [6.07, 6.45) is 0.959. The number of nitrogens with zero attached hydrogens (tertiary/aromatic N) is 2. The largest absolute Gasteiger partial charge is 0.459 e. The molecule has 0 amide bonds. The first-order valence-electron chi connectivity index (χ1n) is 7.08. The van der Waals surface area contributed by atoms with Crippen LogP contribution in [0.2, 0.25) is 0 Å². The van der Waals surface area contributed by atoms with Gasteiger partial charge in [-0.05, 0) is 38.1 Å². The Hall–Kier alpha value is -3.40. The molecule has 0 bridgehead atoms. The Morgan fingerprint density at radius 3 is 2.50 bits per heavy atom. The molecule has 0 spiro atoms. The number of non-ortho nitro benzene ring substituents is 1. The summed E-state index contributed by atoms with van der Waals surface area (Å²) >= 11 is 0. The number of carbonyl (C=O) groups is 1. The van der Waals surface area contributed by atoms with E-state index in [1.165, 1.54) is 18.2 Å². The molecule has 0 fully saturated rings. The number of benzene rings is 1. The van der Waals surface area contributed by atoms with Gasteiger partial charge in [-0.25, -0.2) is 4.79 Å². The normalized spacial score (nSPS) is 11.2. The standard InChI is InChI=1S/C17H14N2O5/c1-11(2)23-17(20)13(10-18)9-15-7-8-16(24-15)12-3-5-14(6-4-12)19(21)22/h3-9,11H,1-2H3/b13-9+. The maximum Gasteiger partial charge on any atom is 0.349 e. The SMILES string of the molecule is CC(C)OC(=O)/C(C#N)=C/c1ccc(-c2ccc([N+](=O)[O-])cc2)o1. The van der Waals surface area contributed by atoms with Crippen molar-refractivity contribution in [2.75, 3.05) is 0 Å². The minimum Gasteiger partial charge on any atom is -0.459 e. The van der Waals surface area contributed by atoms with Crippen molar-refractivity contribution in [3.05, 3.63) is 57.8 Å². The molecular weight excluding hydrogens is 312 g/mol. The van der Waals surface area contributed by atoms with Crippen LogP contribution in [0.1, 0.15) is 19.6 Å². The summed E-state index contributed by atoms with van der Waals surface area (Å²) in [5, 5.41) is 19.7. The van der Waals surface area contributed by atoms with E-state index < -0.39 is 10.9 Å². The average molecular weight is 326 g/mol. The van der Waals surface area contributed by atoms with E-state index in [0.29, 0.717) is 17.1 Å². The fourth-order valence-corrected chi connectivity index (χ4v) is 1.89. The monoisotopic (exact) mass is 326 g/mol. The molecule has 2 aromatic rings. The Bertz CT molecular complexity index is 825. The molecule has 7 heteroatoms. The minimum atomic E-state index is -0.721. The van der Waals surface area contributed by atoms with Gasteiger partial charge in [0.25, 0.3) is 5.69 Å². The van der Waals surface area contributed by atoms with Crippen molar-refractivity contribution >= 4 is 17.7 Å². The number of rotatable bonds is 5. The molecule has 122 valence electrons. The van der Waals surface area contributed by atoms with E-state index in [1.54, 1.807) is 44.2 Å². The van der Waals surface area contributed by atoms with Crippen LogP contribution in [-0.4, -0.2) is 17.0 Å². The quantitative estimate of drug-likeness (QED) is 0.272. The summed E-state index contributed by atoms with van der Waals surface area (Å²) in [6.45, 7) is 3.37. The Morgan fingerprint density at radius 1 is 1.29 bits per heavy atom. The van der Waals surface area contributed by atoms with Crippen LogP contribution in [0.5, 0.6) is 0 Å².